The summed E-state index contributed by atoms with van der Waals surface area (Å²) < 4.78 is 18.1. The first kappa shape index (κ1) is 17.1. The number of aryl methyl sites for hydroxylation is 1. The minimum Gasteiger partial charge on any atom is -0.497 e. The molecular weight excluding hydrogens is 339 g/mol. The van der Waals surface area contributed by atoms with Crippen LogP contribution in [0.2, 0.25) is 0 Å². The highest BCUT2D eigenvalue weighted by atomic mass is 32.1. The van der Waals surface area contributed by atoms with E-state index in [0.717, 1.165) is 22.6 Å². The van der Waals surface area contributed by atoms with E-state index in [1.165, 1.54) is 23.5 Å². The summed E-state index contributed by atoms with van der Waals surface area (Å²) in [6.45, 7) is 0. The summed E-state index contributed by atoms with van der Waals surface area (Å²) in [5, 5.41) is 5.19. The van der Waals surface area contributed by atoms with Crippen LogP contribution in [0.15, 0.2) is 53.9 Å². The zero-order valence-electron chi connectivity index (χ0n) is 13.7. The molecule has 128 valence electrons. The fourth-order valence-electron chi connectivity index (χ4n) is 2.32. The number of hydrogen-bond donors (Lipinski definition) is 1. The zero-order chi connectivity index (χ0) is 17.6. The highest BCUT2D eigenvalue weighted by molar-refractivity contribution is 7.14. The number of nitrogens with zero attached hydrogens (tertiary/aromatic N) is 1. The van der Waals surface area contributed by atoms with Crippen molar-refractivity contribution in [2.45, 2.75) is 12.8 Å². The first-order valence-electron chi connectivity index (χ1n) is 7.78. The molecule has 1 N–H and O–H groups in total. The monoisotopic (exact) mass is 356 g/mol. The third-order valence-corrected chi connectivity index (χ3v) is 4.45. The molecule has 1 aromatic heterocycles. The minimum absolute atomic E-state index is 0.0872. The van der Waals surface area contributed by atoms with Crippen molar-refractivity contribution in [3.8, 4) is 17.0 Å². The maximum absolute atomic E-state index is 13.0. The van der Waals surface area contributed by atoms with Crippen LogP contribution in [0.25, 0.3) is 11.3 Å². The maximum atomic E-state index is 13.0. The van der Waals surface area contributed by atoms with Gasteiger partial charge in [0.2, 0.25) is 5.91 Å². The van der Waals surface area contributed by atoms with Crippen LogP contribution in [0.3, 0.4) is 0 Å². The first-order chi connectivity index (χ1) is 12.1. The Morgan fingerprint density at radius 3 is 2.56 bits per heavy atom. The van der Waals surface area contributed by atoms with Gasteiger partial charge >= 0.3 is 0 Å². The molecule has 0 saturated heterocycles. The average Bonchev–Trinajstić information content (AvgIpc) is 3.09. The average molecular weight is 356 g/mol. The molecule has 3 aromatic rings. The molecule has 0 radical (unpaired) electrons. The molecule has 0 saturated carbocycles. The maximum Gasteiger partial charge on any atom is 0.226 e. The van der Waals surface area contributed by atoms with Crippen LogP contribution in [-0.2, 0) is 11.2 Å². The van der Waals surface area contributed by atoms with E-state index in [-0.39, 0.29) is 11.7 Å². The van der Waals surface area contributed by atoms with Gasteiger partial charge in [0.1, 0.15) is 11.6 Å². The molecule has 0 atom stereocenters. The molecule has 0 bridgehead atoms. The molecule has 6 heteroatoms. The number of anilines is 1. The Morgan fingerprint density at radius 2 is 1.88 bits per heavy atom. The number of amides is 1. The molecule has 2 aromatic carbocycles. The van der Waals surface area contributed by atoms with E-state index in [0.29, 0.717) is 18.0 Å². The second kappa shape index (κ2) is 7.90. The van der Waals surface area contributed by atoms with Crippen molar-refractivity contribution in [2.75, 3.05) is 12.4 Å². The largest absolute Gasteiger partial charge is 0.497 e. The fraction of sp³-hybridized carbons (Fsp3) is 0.158. The third kappa shape index (κ3) is 4.64. The Kier molecular flexibility index (Phi) is 5.40. The second-order valence-electron chi connectivity index (χ2n) is 5.44. The smallest absolute Gasteiger partial charge is 0.226 e. The number of hydrogen-bond acceptors (Lipinski definition) is 4. The number of rotatable bonds is 6. The summed E-state index contributed by atoms with van der Waals surface area (Å²) in [5.41, 5.74) is 2.61. The van der Waals surface area contributed by atoms with Crippen LogP contribution in [0.1, 0.15) is 12.0 Å². The molecule has 0 aliphatic heterocycles. The number of halogens is 1. The highest BCUT2D eigenvalue weighted by Crippen LogP contribution is 2.25. The van der Waals surface area contributed by atoms with Crippen LogP contribution in [0, 0.1) is 5.82 Å². The summed E-state index contributed by atoms with van der Waals surface area (Å²) >= 11 is 1.35. The van der Waals surface area contributed by atoms with Gasteiger partial charge < -0.3 is 10.1 Å². The fourth-order valence-corrected chi connectivity index (χ4v) is 3.05. The van der Waals surface area contributed by atoms with Gasteiger partial charge in [0.25, 0.3) is 0 Å². The van der Waals surface area contributed by atoms with Crippen LogP contribution in [0.5, 0.6) is 5.75 Å². The van der Waals surface area contributed by atoms with Crippen molar-refractivity contribution in [1.29, 1.82) is 0 Å². The van der Waals surface area contributed by atoms with Gasteiger partial charge in [-0.15, -0.1) is 11.3 Å². The van der Waals surface area contributed by atoms with Crippen molar-refractivity contribution in [3.63, 3.8) is 0 Å². The molecule has 0 spiro atoms. The number of benzene rings is 2. The van der Waals surface area contributed by atoms with E-state index in [4.69, 9.17) is 4.74 Å². The van der Waals surface area contributed by atoms with E-state index < -0.39 is 0 Å². The molecule has 3 rings (SSSR count). The highest BCUT2D eigenvalue weighted by Gasteiger charge is 2.08. The lowest BCUT2D eigenvalue weighted by Crippen LogP contribution is -2.12. The molecule has 0 aliphatic carbocycles. The van der Waals surface area contributed by atoms with Crippen molar-refractivity contribution in [3.05, 3.63) is 65.3 Å². The topological polar surface area (TPSA) is 51.2 Å². The predicted octanol–water partition coefficient (Wildman–Crippen LogP) is 4.53. The summed E-state index contributed by atoms with van der Waals surface area (Å²) in [7, 11) is 1.62. The first-order valence-corrected chi connectivity index (χ1v) is 8.66. The van der Waals surface area contributed by atoms with Gasteiger partial charge in [0.15, 0.2) is 5.13 Å². The normalized spacial score (nSPS) is 10.5. The van der Waals surface area contributed by atoms with Crippen molar-refractivity contribution in [1.82, 2.24) is 4.98 Å². The van der Waals surface area contributed by atoms with Gasteiger partial charge in [-0.1, -0.05) is 12.1 Å². The molecule has 0 unspecified atom stereocenters. The zero-order valence-corrected chi connectivity index (χ0v) is 14.5. The third-order valence-electron chi connectivity index (χ3n) is 3.69. The van der Waals surface area contributed by atoms with Gasteiger partial charge in [-0.3, -0.25) is 4.79 Å². The number of methoxy groups -OCH3 is 1. The standard InChI is InChI=1S/C19H17FN2O2S/c1-24-16-9-2-13(3-10-16)4-11-18(23)22-19-21-17(12-25-19)14-5-7-15(20)8-6-14/h2-3,5-10,12H,4,11H2,1H3,(H,21,22,23). The lowest BCUT2D eigenvalue weighted by atomic mass is 10.1. The van der Waals surface area contributed by atoms with Gasteiger partial charge in [-0.2, -0.15) is 0 Å². The molecule has 4 nitrogen and oxygen atoms in total. The van der Waals surface area contributed by atoms with Gasteiger partial charge in [-0.25, -0.2) is 9.37 Å². The van der Waals surface area contributed by atoms with Crippen LogP contribution >= 0.6 is 11.3 Å². The Bertz CT molecular complexity index is 845. The van der Waals surface area contributed by atoms with Crippen LogP contribution in [-0.4, -0.2) is 18.0 Å². The SMILES string of the molecule is COc1ccc(CCC(=O)Nc2nc(-c3ccc(F)cc3)cs2)cc1. The van der Waals surface area contributed by atoms with Crippen molar-refractivity contribution in [2.24, 2.45) is 0 Å². The number of aromatic nitrogens is 1. The van der Waals surface area contributed by atoms with Crippen LogP contribution < -0.4 is 10.1 Å². The Hall–Kier alpha value is -2.73. The molecule has 0 aliphatic rings. The number of carbonyl (C=O) groups is 1. The van der Waals surface area contributed by atoms with E-state index in [1.54, 1.807) is 19.2 Å². The number of carbonyl (C=O) groups excluding carboxylic acids is 1. The van der Waals surface area contributed by atoms with Crippen LogP contribution in [0.4, 0.5) is 9.52 Å². The lowest BCUT2D eigenvalue weighted by Gasteiger charge is -2.04. The number of nitrogens with one attached hydrogen (secondary N) is 1. The quantitative estimate of drug-likeness (QED) is 0.706. The molecular formula is C19H17FN2O2S. The second-order valence-corrected chi connectivity index (χ2v) is 6.30. The van der Waals surface area contributed by atoms with Crippen molar-refractivity contribution >= 4 is 22.4 Å². The van der Waals surface area contributed by atoms with E-state index >= 15 is 0 Å². The minimum atomic E-state index is -0.286. The predicted molar refractivity (Wildman–Crippen MR) is 97.5 cm³/mol. The number of thiazole rings is 1. The number of ether oxygens (including phenoxy) is 1. The van der Waals surface area contributed by atoms with E-state index in [1.807, 2.05) is 29.6 Å². The molecule has 1 heterocycles. The van der Waals surface area contributed by atoms with Gasteiger partial charge in [0, 0.05) is 17.4 Å². The van der Waals surface area contributed by atoms with Crippen molar-refractivity contribution < 1.29 is 13.9 Å². The Labute approximate surface area is 149 Å². The molecule has 1 amide bonds. The lowest BCUT2D eigenvalue weighted by molar-refractivity contribution is -0.116. The van der Waals surface area contributed by atoms with E-state index in [2.05, 4.69) is 10.3 Å². The Balaban J connectivity index is 1.55. The summed E-state index contributed by atoms with van der Waals surface area (Å²) in [6, 6.07) is 13.8. The molecule has 0 fully saturated rings. The summed E-state index contributed by atoms with van der Waals surface area (Å²) in [6.07, 6.45) is 1.02. The van der Waals surface area contributed by atoms with Gasteiger partial charge in [0.05, 0.1) is 12.8 Å². The van der Waals surface area contributed by atoms with Gasteiger partial charge in [-0.05, 0) is 48.4 Å². The summed E-state index contributed by atoms with van der Waals surface area (Å²) in [4.78, 5) is 16.5. The Morgan fingerprint density at radius 1 is 1.16 bits per heavy atom. The molecule has 25 heavy (non-hydrogen) atoms. The van der Waals surface area contributed by atoms with E-state index in [9.17, 15) is 9.18 Å². The summed E-state index contributed by atoms with van der Waals surface area (Å²) in [5.74, 6) is 0.422.